The molecular formula is C28H26BrN5OS. The number of rotatable bonds is 6. The monoisotopic (exact) mass is 559 g/mol. The van der Waals surface area contributed by atoms with E-state index in [2.05, 4.69) is 68.2 Å². The van der Waals surface area contributed by atoms with Gasteiger partial charge in [-0.3, -0.25) is 9.78 Å². The van der Waals surface area contributed by atoms with Crippen LogP contribution < -0.4 is 10.6 Å². The second-order valence-corrected chi connectivity index (χ2v) is 10.1. The first-order chi connectivity index (χ1) is 17.4. The normalized spacial score (nSPS) is 17.2. The van der Waals surface area contributed by atoms with Crippen LogP contribution >= 0.6 is 28.1 Å². The molecule has 6 nitrogen and oxygen atoms in total. The third kappa shape index (κ3) is 4.79. The number of hydrogen-bond acceptors (Lipinski definition) is 3. The number of pyridine rings is 1. The van der Waals surface area contributed by atoms with Crippen molar-refractivity contribution in [3.05, 3.63) is 112 Å². The van der Waals surface area contributed by atoms with E-state index in [0.717, 1.165) is 38.5 Å². The van der Waals surface area contributed by atoms with E-state index in [1.807, 2.05) is 65.6 Å². The van der Waals surface area contributed by atoms with Crippen molar-refractivity contribution in [1.29, 1.82) is 0 Å². The van der Waals surface area contributed by atoms with Crippen molar-refractivity contribution in [2.45, 2.75) is 25.9 Å². The fraction of sp³-hybridized carbons (Fsp3) is 0.179. The standard InChI is InChI=1S/C28H26BrN5OS/c1-18-15-23(19(2)34(18)22-12-8-9-20(29)16-22)27-26(24-13-6-7-14-30-24)32-28(36)33(27)17-25(35)31-21-10-4-3-5-11-21/h3-16,26-27H,17H2,1-2H3,(H,31,35)(H,32,36). The van der Waals surface area contributed by atoms with Crippen molar-refractivity contribution < 1.29 is 4.79 Å². The van der Waals surface area contributed by atoms with Crippen LogP contribution in [0.15, 0.2) is 89.5 Å². The van der Waals surface area contributed by atoms with Gasteiger partial charge in [0.25, 0.3) is 0 Å². The number of anilines is 1. The highest BCUT2D eigenvalue weighted by Crippen LogP contribution is 2.41. The number of aryl methyl sites for hydroxylation is 1. The molecule has 36 heavy (non-hydrogen) atoms. The summed E-state index contributed by atoms with van der Waals surface area (Å²) in [5.41, 5.74) is 6.00. The summed E-state index contributed by atoms with van der Waals surface area (Å²) in [6.45, 7) is 4.33. The van der Waals surface area contributed by atoms with Crippen LogP contribution in [0.1, 0.15) is 34.7 Å². The fourth-order valence-electron chi connectivity index (χ4n) is 4.89. The maximum absolute atomic E-state index is 13.1. The van der Waals surface area contributed by atoms with Gasteiger partial charge >= 0.3 is 0 Å². The molecule has 0 saturated carbocycles. The molecule has 0 aliphatic carbocycles. The zero-order chi connectivity index (χ0) is 25.2. The molecule has 5 rings (SSSR count). The third-order valence-corrected chi connectivity index (χ3v) is 7.27. The highest BCUT2D eigenvalue weighted by molar-refractivity contribution is 9.10. The zero-order valence-corrected chi connectivity index (χ0v) is 22.4. The third-order valence-electron chi connectivity index (χ3n) is 6.42. The highest BCUT2D eigenvalue weighted by Gasteiger charge is 2.42. The molecule has 0 spiro atoms. The van der Waals surface area contributed by atoms with Crippen molar-refractivity contribution in [2.24, 2.45) is 0 Å². The summed E-state index contributed by atoms with van der Waals surface area (Å²) in [7, 11) is 0. The number of nitrogens with one attached hydrogen (secondary N) is 2. The molecular weight excluding hydrogens is 534 g/mol. The summed E-state index contributed by atoms with van der Waals surface area (Å²) < 4.78 is 3.25. The van der Waals surface area contributed by atoms with Crippen LogP contribution in [0, 0.1) is 13.8 Å². The van der Waals surface area contributed by atoms with Gasteiger partial charge in [0.15, 0.2) is 5.11 Å². The zero-order valence-electron chi connectivity index (χ0n) is 20.0. The average molecular weight is 561 g/mol. The lowest BCUT2D eigenvalue weighted by Gasteiger charge is -2.27. The molecule has 2 N–H and O–H groups in total. The minimum absolute atomic E-state index is 0.120. The second kappa shape index (κ2) is 10.2. The molecule has 2 atom stereocenters. The van der Waals surface area contributed by atoms with Crippen molar-refractivity contribution in [3.63, 3.8) is 0 Å². The van der Waals surface area contributed by atoms with E-state index in [1.54, 1.807) is 6.20 Å². The Kier molecular flexibility index (Phi) is 6.89. The number of carbonyl (C=O) groups excluding carboxylic acids is 1. The van der Waals surface area contributed by atoms with Crippen molar-refractivity contribution in [2.75, 3.05) is 11.9 Å². The molecule has 8 heteroatoms. The van der Waals surface area contributed by atoms with Crippen LogP contribution in [0.25, 0.3) is 5.69 Å². The first-order valence-corrected chi connectivity index (χ1v) is 12.9. The number of nitrogens with zero attached hydrogens (tertiary/aromatic N) is 3. The molecule has 1 amide bonds. The molecule has 1 fully saturated rings. The number of para-hydroxylation sites is 1. The van der Waals surface area contributed by atoms with Crippen LogP contribution in [-0.4, -0.2) is 32.0 Å². The maximum atomic E-state index is 13.1. The Bertz CT molecular complexity index is 1410. The van der Waals surface area contributed by atoms with E-state index in [9.17, 15) is 4.79 Å². The predicted molar refractivity (Wildman–Crippen MR) is 150 cm³/mol. The number of aromatic nitrogens is 2. The van der Waals surface area contributed by atoms with Gasteiger partial charge in [-0.1, -0.05) is 46.3 Å². The number of amides is 1. The smallest absolute Gasteiger partial charge is 0.244 e. The van der Waals surface area contributed by atoms with E-state index in [0.29, 0.717) is 5.11 Å². The lowest BCUT2D eigenvalue weighted by Crippen LogP contribution is -2.37. The molecule has 1 saturated heterocycles. The highest BCUT2D eigenvalue weighted by atomic mass is 79.9. The Labute approximate surface area is 224 Å². The summed E-state index contributed by atoms with van der Waals surface area (Å²) in [5, 5.41) is 6.96. The van der Waals surface area contributed by atoms with Crippen molar-refractivity contribution >= 4 is 44.9 Å². The van der Waals surface area contributed by atoms with Gasteiger partial charge in [0.1, 0.15) is 6.54 Å². The van der Waals surface area contributed by atoms with Crippen molar-refractivity contribution in [3.8, 4) is 5.69 Å². The second-order valence-electron chi connectivity index (χ2n) is 8.81. The summed E-state index contributed by atoms with van der Waals surface area (Å²) in [5.74, 6) is -0.127. The molecule has 1 aliphatic rings. The Morgan fingerprint density at radius 1 is 1.06 bits per heavy atom. The first-order valence-electron chi connectivity index (χ1n) is 11.7. The van der Waals surface area contributed by atoms with Crippen LogP contribution in [-0.2, 0) is 4.79 Å². The number of hydrogen-bond donors (Lipinski definition) is 2. The Morgan fingerprint density at radius 3 is 2.56 bits per heavy atom. The molecule has 2 unspecified atom stereocenters. The number of thiocarbonyl (C=S) groups is 1. The van der Waals surface area contributed by atoms with Gasteiger partial charge in [0.2, 0.25) is 5.91 Å². The minimum atomic E-state index is -0.207. The van der Waals surface area contributed by atoms with Crippen LogP contribution in [0.2, 0.25) is 0 Å². The van der Waals surface area contributed by atoms with Gasteiger partial charge in [-0.2, -0.15) is 0 Å². The largest absolute Gasteiger partial charge is 0.352 e. The van der Waals surface area contributed by atoms with E-state index >= 15 is 0 Å². The lowest BCUT2D eigenvalue weighted by molar-refractivity contribution is -0.116. The lowest BCUT2D eigenvalue weighted by atomic mass is 9.96. The van der Waals surface area contributed by atoms with E-state index < -0.39 is 0 Å². The summed E-state index contributed by atoms with van der Waals surface area (Å²) >= 11 is 9.36. The topological polar surface area (TPSA) is 62.2 Å². The SMILES string of the molecule is Cc1cc(C2C(c3ccccn3)NC(=S)N2CC(=O)Nc2ccccc2)c(C)n1-c1cccc(Br)c1. The predicted octanol–water partition coefficient (Wildman–Crippen LogP) is 5.86. The van der Waals surface area contributed by atoms with Crippen molar-refractivity contribution in [1.82, 2.24) is 19.8 Å². The first kappa shape index (κ1) is 24.2. The molecule has 1 aliphatic heterocycles. The molecule has 182 valence electrons. The van der Waals surface area contributed by atoms with E-state index in [-0.39, 0.29) is 24.5 Å². The Balaban J connectivity index is 1.54. The number of benzene rings is 2. The average Bonchev–Trinajstić information content (AvgIpc) is 3.35. The van der Waals surface area contributed by atoms with Gasteiger partial charge in [0, 0.05) is 33.4 Å². The van der Waals surface area contributed by atoms with Crippen LogP contribution in [0.3, 0.4) is 0 Å². The molecule has 0 radical (unpaired) electrons. The molecule has 2 aromatic heterocycles. The summed E-state index contributed by atoms with van der Waals surface area (Å²) in [6, 6.07) is 25.3. The van der Waals surface area contributed by atoms with Crippen LogP contribution in [0.5, 0.6) is 0 Å². The molecule has 0 bridgehead atoms. The Hall–Kier alpha value is -3.49. The van der Waals surface area contributed by atoms with Gasteiger partial charge in [0.05, 0.1) is 17.8 Å². The van der Waals surface area contributed by atoms with Gasteiger partial charge in [-0.25, -0.2) is 0 Å². The fourth-order valence-corrected chi connectivity index (χ4v) is 5.58. The number of halogens is 1. The van der Waals surface area contributed by atoms with Gasteiger partial charge in [-0.15, -0.1) is 0 Å². The Morgan fingerprint density at radius 2 is 1.83 bits per heavy atom. The molecule has 2 aromatic carbocycles. The van der Waals surface area contributed by atoms with E-state index in [4.69, 9.17) is 12.2 Å². The summed E-state index contributed by atoms with van der Waals surface area (Å²) in [4.78, 5) is 19.7. The minimum Gasteiger partial charge on any atom is -0.352 e. The van der Waals surface area contributed by atoms with Gasteiger partial charge in [-0.05, 0) is 80.2 Å². The van der Waals surface area contributed by atoms with E-state index in [1.165, 1.54) is 0 Å². The quantitative estimate of drug-likeness (QED) is 0.289. The number of carbonyl (C=O) groups is 1. The molecule has 3 heterocycles. The van der Waals surface area contributed by atoms with Gasteiger partial charge < -0.3 is 20.1 Å². The maximum Gasteiger partial charge on any atom is 0.244 e. The molecule has 4 aromatic rings. The summed E-state index contributed by atoms with van der Waals surface area (Å²) in [6.07, 6.45) is 1.78. The van der Waals surface area contributed by atoms with Crippen LogP contribution in [0.4, 0.5) is 5.69 Å².